The molecule has 1 aliphatic heterocycles. The minimum absolute atomic E-state index is 0.00959. The Morgan fingerprint density at radius 1 is 1.10 bits per heavy atom. The van der Waals surface area contributed by atoms with Gasteiger partial charge < -0.3 is 19.5 Å². The molecule has 0 spiro atoms. The number of piperidine rings is 1. The average molecular weight is 569 g/mol. The Morgan fingerprint density at radius 2 is 1.77 bits per heavy atom. The van der Waals surface area contributed by atoms with Gasteiger partial charge in [0.25, 0.3) is 0 Å². The van der Waals surface area contributed by atoms with Gasteiger partial charge in [0.05, 0.1) is 19.3 Å². The molecule has 0 bridgehead atoms. The molecule has 1 aliphatic rings. The van der Waals surface area contributed by atoms with Crippen molar-refractivity contribution in [2.24, 2.45) is 5.41 Å². The third-order valence-electron chi connectivity index (χ3n) is 6.93. The summed E-state index contributed by atoms with van der Waals surface area (Å²) in [5.41, 5.74) is -0.687. The van der Waals surface area contributed by atoms with E-state index in [2.05, 4.69) is 17.0 Å². The van der Waals surface area contributed by atoms with E-state index in [1.807, 2.05) is 52.0 Å². The second-order valence-corrected chi connectivity index (χ2v) is 13.3. The zero-order valence-electron chi connectivity index (χ0n) is 24.5. The first kappa shape index (κ1) is 33.0. The molecule has 2 unspecified atom stereocenters. The molecule has 2 atom stereocenters. The summed E-state index contributed by atoms with van der Waals surface area (Å²) < 4.78 is 45.5. The van der Waals surface area contributed by atoms with E-state index in [9.17, 15) is 18.0 Å². The van der Waals surface area contributed by atoms with Crippen molar-refractivity contribution in [3.63, 3.8) is 0 Å². The Hall–Kier alpha value is -2.17. The number of nitrogens with one attached hydrogen (secondary N) is 2. The first-order valence-corrected chi connectivity index (χ1v) is 15.8. The third kappa shape index (κ3) is 10.4. The monoisotopic (exact) mass is 568 g/mol. The highest BCUT2D eigenvalue weighted by molar-refractivity contribution is 7.89. The minimum atomic E-state index is -3.58. The number of hydrogen-bond donors (Lipinski definition) is 2. The molecule has 1 saturated heterocycles. The summed E-state index contributed by atoms with van der Waals surface area (Å²) in [5.74, 6) is -0.191. The number of unbranched alkanes of at least 4 members (excludes halogenated alkanes) is 1. The van der Waals surface area contributed by atoms with Crippen LogP contribution < -0.4 is 14.8 Å². The van der Waals surface area contributed by atoms with Crippen LogP contribution in [0, 0.1) is 5.41 Å². The van der Waals surface area contributed by atoms with Crippen LogP contribution in [0.4, 0.5) is 0 Å². The van der Waals surface area contributed by atoms with Crippen molar-refractivity contribution < 1.29 is 32.2 Å². The number of ether oxygens (including phenoxy) is 3. The second-order valence-electron chi connectivity index (χ2n) is 11.4. The van der Waals surface area contributed by atoms with E-state index in [1.54, 1.807) is 0 Å². The van der Waals surface area contributed by atoms with E-state index in [-0.39, 0.29) is 24.6 Å². The number of carbonyl (C=O) groups excluding carboxylic acids is 2. The quantitative estimate of drug-likeness (QED) is 0.303. The molecule has 39 heavy (non-hydrogen) atoms. The molecule has 10 heteroatoms. The van der Waals surface area contributed by atoms with Crippen LogP contribution in [0.5, 0.6) is 5.75 Å². The van der Waals surface area contributed by atoms with Gasteiger partial charge in [0.15, 0.2) is 0 Å². The van der Waals surface area contributed by atoms with Crippen LogP contribution in [-0.2, 0) is 35.5 Å². The zero-order valence-corrected chi connectivity index (χ0v) is 25.3. The fourth-order valence-electron chi connectivity index (χ4n) is 4.91. The number of rotatable bonds is 15. The van der Waals surface area contributed by atoms with Crippen molar-refractivity contribution in [3.8, 4) is 5.75 Å². The number of para-hydroxylation sites is 1. The molecule has 9 nitrogen and oxygen atoms in total. The van der Waals surface area contributed by atoms with Crippen LogP contribution in [0.2, 0.25) is 0 Å². The molecule has 2 N–H and O–H groups in total. The van der Waals surface area contributed by atoms with Crippen molar-refractivity contribution in [2.45, 2.75) is 104 Å². The standard InChI is InChI=1S/C29H48N2O7S/c1-7-9-19-39(34,35)31-23(21-26(32)36-6)20-22-13-10-11-14-24(22)37-25(12-8-2)29(15-17-30-18-16-29)27(33)38-28(3,4)5/h10-11,13-14,23,25,30-31H,7-9,12,15-21H2,1-6H3. The van der Waals surface area contributed by atoms with Gasteiger partial charge in [0, 0.05) is 6.04 Å². The molecule has 1 fully saturated rings. The van der Waals surface area contributed by atoms with Crippen LogP contribution in [0.15, 0.2) is 24.3 Å². The Kier molecular flexibility index (Phi) is 12.7. The van der Waals surface area contributed by atoms with Gasteiger partial charge in [-0.05, 0) is 77.6 Å². The third-order valence-corrected chi connectivity index (χ3v) is 8.45. The minimum Gasteiger partial charge on any atom is -0.489 e. The Bertz CT molecular complexity index is 1030. The number of hydrogen-bond acceptors (Lipinski definition) is 8. The van der Waals surface area contributed by atoms with Crippen LogP contribution in [0.25, 0.3) is 0 Å². The first-order chi connectivity index (χ1) is 18.4. The van der Waals surface area contributed by atoms with Crippen molar-refractivity contribution in [2.75, 3.05) is 26.0 Å². The van der Waals surface area contributed by atoms with Gasteiger partial charge in [-0.1, -0.05) is 44.9 Å². The van der Waals surface area contributed by atoms with Crippen molar-refractivity contribution in [1.82, 2.24) is 10.0 Å². The molecule has 0 amide bonds. The van der Waals surface area contributed by atoms with Gasteiger partial charge in [-0.3, -0.25) is 9.59 Å². The lowest BCUT2D eigenvalue weighted by molar-refractivity contribution is -0.177. The lowest BCUT2D eigenvalue weighted by atomic mass is 9.72. The predicted molar refractivity (Wildman–Crippen MR) is 152 cm³/mol. The fourth-order valence-corrected chi connectivity index (χ4v) is 6.37. The lowest BCUT2D eigenvalue weighted by Crippen LogP contribution is -2.53. The highest BCUT2D eigenvalue weighted by atomic mass is 32.2. The van der Waals surface area contributed by atoms with E-state index in [0.29, 0.717) is 44.5 Å². The maximum Gasteiger partial charge on any atom is 0.316 e. The molecule has 0 aromatic heterocycles. The Labute approximate surface area is 234 Å². The summed E-state index contributed by atoms with van der Waals surface area (Å²) >= 11 is 0. The molecule has 0 radical (unpaired) electrons. The van der Waals surface area contributed by atoms with E-state index >= 15 is 0 Å². The van der Waals surface area contributed by atoms with Gasteiger partial charge >= 0.3 is 11.9 Å². The van der Waals surface area contributed by atoms with Crippen LogP contribution in [-0.4, -0.2) is 64.1 Å². The summed E-state index contributed by atoms with van der Waals surface area (Å²) in [6.45, 7) is 11.0. The summed E-state index contributed by atoms with van der Waals surface area (Å²) in [6.07, 6.45) is 3.62. The van der Waals surface area contributed by atoms with Gasteiger partial charge in [-0.25, -0.2) is 13.1 Å². The topological polar surface area (TPSA) is 120 Å². The van der Waals surface area contributed by atoms with Gasteiger partial charge in [0.1, 0.15) is 22.9 Å². The molecule has 1 heterocycles. The lowest BCUT2D eigenvalue weighted by Gasteiger charge is -2.43. The van der Waals surface area contributed by atoms with Crippen molar-refractivity contribution in [1.29, 1.82) is 0 Å². The average Bonchev–Trinajstić information content (AvgIpc) is 2.87. The number of sulfonamides is 1. The molecule has 1 aromatic carbocycles. The van der Waals surface area contributed by atoms with E-state index in [0.717, 1.165) is 18.4 Å². The zero-order chi connectivity index (χ0) is 29.1. The normalized spacial score (nSPS) is 17.2. The first-order valence-electron chi connectivity index (χ1n) is 14.1. The maximum atomic E-state index is 13.6. The predicted octanol–water partition coefficient (Wildman–Crippen LogP) is 4.14. The van der Waals surface area contributed by atoms with Crippen LogP contribution in [0.1, 0.15) is 85.1 Å². The van der Waals surface area contributed by atoms with Crippen LogP contribution >= 0.6 is 0 Å². The van der Waals surface area contributed by atoms with E-state index in [4.69, 9.17) is 14.2 Å². The van der Waals surface area contributed by atoms with E-state index in [1.165, 1.54) is 7.11 Å². The Balaban J connectivity index is 2.40. The Morgan fingerprint density at radius 3 is 2.36 bits per heavy atom. The molecule has 2 rings (SSSR count). The molecular formula is C29H48N2O7S. The molecule has 1 aromatic rings. The molecule has 0 saturated carbocycles. The summed E-state index contributed by atoms with van der Waals surface area (Å²) in [6, 6.07) is 6.71. The highest BCUT2D eigenvalue weighted by Gasteiger charge is 2.50. The van der Waals surface area contributed by atoms with E-state index < -0.39 is 39.2 Å². The summed E-state index contributed by atoms with van der Waals surface area (Å²) in [7, 11) is -2.30. The molecule has 222 valence electrons. The molecular weight excluding hydrogens is 520 g/mol. The fraction of sp³-hybridized carbons (Fsp3) is 0.724. The second kappa shape index (κ2) is 15.0. The number of esters is 2. The highest BCUT2D eigenvalue weighted by Crippen LogP contribution is 2.40. The van der Waals surface area contributed by atoms with Crippen molar-refractivity contribution in [3.05, 3.63) is 29.8 Å². The van der Waals surface area contributed by atoms with Gasteiger partial charge in [0.2, 0.25) is 10.0 Å². The van der Waals surface area contributed by atoms with Crippen molar-refractivity contribution >= 4 is 22.0 Å². The number of benzene rings is 1. The maximum absolute atomic E-state index is 13.6. The van der Waals surface area contributed by atoms with Crippen LogP contribution in [0.3, 0.4) is 0 Å². The molecule has 0 aliphatic carbocycles. The summed E-state index contributed by atoms with van der Waals surface area (Å²) in [5, 5.41) is 3.34. The summed E-state index contributed by atoms with van der Waals surface area (Å²) in [4.78, 5) is 25.8. The smallest absolute Gasteiger partial charge is 0.316 e. The van der Waals surface area contributed by atoms with Gasteiger partial charge in [-0.2, -0.15) is 0 Å². The number of carbonyl (C=O) groups is 2. The largest absolute Gasteiger partial charge is 0.489 e. The SMILES string of the molecule is CCCCS(=O)(=O)NC(CC(=O)OC)Cc1ccccc1OC(CCC)C1(C(=O)OC(C)(C)C)CCNCC1. The number of methoxy groups -OCH3 is 1. The van der Waals surface area contributed by atoms with Gasteiger partial charge in [-0.15, -0.1) is 0 Å².